The first-order valence-corrected chi connectivity index (χ1v) is 8.86. The first-order chi connectivity index (χ1) is 10.2. The summed E-state index contributed by atoms with van der Waals surface area (Å²) in [5.74, 6) is 3.49. The van der Waals surface area contributed by atoms with Crippen molar-refractivity contribution in [1.82, 2.24) is 9.80 Å². The molecule has 2 bridgehead atoms. The average molecular weight is 293 g/mol. The summed E-state index contributed by atoms with van der Waals surface area (Å²) in [5.41, 5.74) is 5.69. The lowest BCUT2D eigenvalue weighted by Gasteiger charge is -2.36. The number of hydrogen-bond donors (Lipinski definition) is 1. The van der Waals surface area contributed by atoms with Crippen LogP contribution in [-0.4, -0.2) is 55.0 Å². The van der Waals surface area contributed by atoms with Crippen LogP contribution in [0.2, 0.25) is 0 Å². The first kappa shape index (κ1) is 15.3. The minimum absolute atomic E-state index is 0.416. The van der Waals surface area contributed by atoms with Gasteiger partial charge in [-0.2, -0.15) is 0 Å². The summed E-state index contributed by atoms with van der Waals surface area (Å²) in [6.45, 7) is 7.90. The van der Waals surface area contributed by atoms with Crippen molar-refractivity contribution in [3.8, 4) is 0 Å². The lowest BCUT2D eigenvalue weighted by atomic mass is 9.86. The van der Waals surface area contributed by atoms with Crippen LogP contribution in [0.4, 0.5) is 0 Å². The van der Waals surface area contributed by atoms with Gasteiger partial charge in [0.25, 0.3) is 0 Å². The van der Waals surface area contributed by atoms with Gasteiger partial charge >= 0.3 is 0 Å². The van der Waals surface area contributed by atoms with Crippen LogP contribution in [0.5, 0.6) is 0 Å². The van der Waals surface area contributed by atoms with Gasteiger partial charge in [0.2, 0.25) is 5.91 Å². The van der Waals surface area contributed by atoms with Crippen LogP contribution in [0.15, 0.2) is 0 Å². The van der Waals surface area contributed by atoms with Crippen LogP contribution in [0, 0.1) is 23.7 Å². The molecule has 4 heteroatoms. The topological polar surface area (TPSA) is 49.6 Å². The smallest absolute Gasteiger partial charge is 0.222 e. The standard InChI is InChI=1S/C17H31N3O/c1-13(11-18)12-19-4-6-20(7-5-19)17(21)10-16-9-14-2-3-15(16)8-14/h13-16H,2-12,18H2,1H3. The number of nitrogens with zero attached hydrogens (tertiary/aromatic N) is 2. The SMILES string of the molecule is CC(CN)CN1CCN(C(=O)CC2CC3CCC2C3)CC1. The molecule has 3 fully saturated rings. The number of hydrogen-bond acceptors (Lipinski definition) is 3. The van der Waals surface area contributed by atoms with Gasteiger partial charge in [0.15, 0.2) is 0 Å². The molecular weight excluding hydrogens is 262 g/mol. The van der Waals surface area contributed by atoms with Crippen molar-refractivity contribution in [2.24, 2.45) is 29.4 Å². The van der Waals surface area contributed by atoms with E-state index < -0.39 is 0 Å². The third kappa shape index (κ3) is 3.59. The van der Waals surface area contributed by atoms with Gasteiger partial charge in [-0.15, -0.1) is 0 Å². The molecule has 0 aromatic rings. The Kier molecular flexibility index (Phi) is 4.85. The third-order valence-electron chi connectivity index (χ3n) is 6.02. The van der Waals surface area contributed by atoms with Gasteiger partial charge in [-0.1, -0.05) is 13.3 Å². The molecule has 1 saturated heterocycles. The van der Waals surface area contributed by atoms with Crippen molar-refractivity contribution in [2.45, 2.75) is 39.0 Å². The van der Waals surface area contributed by atoms with Crippen LogP contribution >= 0.6 is 0 Å². The summed E-state index contributed by atoms with van der Waals surface area (Å²) in [6.07, 6.45) is 6.36. The lowest BCUT2D eigenvalue weighted by Crippen LogP contribution is -2.50. The molecule has 4 atom stereocenters. The van der Waals surface area contributed by atoms with Gasteiger partial charge in [0.05, 0.1) is 0 Å². The Hall–Kier alpha value is -0.610. The number of piperazine rings is 1. The molecule has 4 nitrogen and oxygen atoms in total. The highest BCUT2D eigenvalue weighted by Crippen LogP contribution is 2.49. The second-order valence-corrected chi connectivity index (χ2v) is 7.66. The monoisotopic (exact) mass is 293 g/mol. The maximum absolute atomic E-state index is 12.5. The van der Waals surface area contributed by atoms with E-state index in [2.05, 4.69) is 16.7 Å². The minimum atomic E-state index is 0.416. The summed E-state index contributed by atoms with van der Waals surface area (Å²) in [7, 11) is 0. The van der Waals surface area contributed by atoms with E-state index in [0.29, 0.717) is 17.7 Å². The molecule has 1 heterocycles. The zero-order valence-electron chi connectivity index (χ0n) is 13.5. The predicted octanol–water partition coefficient (Wildman–Crippen LogP) is 1.55. The second-order valence-electron chi connectivity index (χ2n) is 7.66. The van der Waals surface area contributed by atoms with Crippen molar-refractivity contribution in [1.29, 1.82) is 0 Å². The molecule has 21 heavy (non-hydrogen) atoms. The number of fused-ring (bicyclic) bond motifs is 2. The van der Waals surface area contributed by atoms with Crippen molar-refractivity contribution in [3.05, 3.63) is 0 Å². The van der Waals surface area contributed by atoms with Gasteiger partial charge in [-0.25, -0.2) is 0 Å². The summed E-state index contributed by atoms with van der Waals surface area (Å²) < 4.78 is 0. The molecule has 1 amide bonds. The maximum Gasteiger partial charge on any atom is 0.222 e. The normalized spacial score (nSPS) is 34.4. The predicted molar refractivity (Wildman–Crippen MR) is 84.8 cm³/mol. The zero-order valence-corrected chi connectivity index (χ0v) is 13.5. The first-order valence-electron chi connectivity index (χ1n) is 8.86. The second kappa shape index (κ2) is 6.66. The molecular formula is C17H31N3O. The Bertz CT molecular complexity index is 365. The molecule has 3 rings (SSSR count). The van der Waals surface area contributed by atoms with E-state index in [1.54, 1.807) is 0 Å². The number of amides is 1. The lowest BCUT2D eigenvalue weighted by molar-refractivity contribution is -0.134. The molecule has 2 N–H and O–H groups in total. The summed E-state index contributed by atoms with van der Waals surface area (Å²) in [6, 6.07) is 0. The molecule has 2 saturated carbocycles. The maximum atomic E-state index is 12.5. The summed E-state index contributed by atoms with van der Waals surface area (Å²) in [5, 5.41) is 0. The highest BCUT2D eigenvalue weighted by Gasteiger charge is 2.40. The number of carbonyl (C=O) groups is 1. The van der Waals surface area contributed by atoms with E-state index in [4.69, 9.17) is 5.73 Å². The Labute approximate surface area is 129 Å². The Morgan fingerprint density at radius 3 is 2.52 bits per heavy atom. The average Bonchev–Trinajstić information content (AvgIpc) is 3.10. The van der Waals surface area contributed by atoms with E-state index in [9.17, 15) is 4.79 Å². The highest BCUT2D eigenvalue weighted by molar-refractivity contribution is 5.76. The molecule has 120 valence electrons. The fourth-order valence-electron chi connectivity index (χ4n) is 4.68. The molecule has 1 aliphatic heterocycles. The van der Waals surface area contributed by atoms with Crippen molar-refractivity contribution < 1.29 is 4.79 Å². The molecule has 4 unspecified atom stereocenters. The van der Waals surface area contributed by atoms with Crippen molar-refractivity contribution >= 4 is 5.91 Å². The molecule has 3 aliphatic rings. The van der Waals surface area contributed by atoms with Crippen LogP contribution in [0.25, 0.3) is 0 Å². The quantitative estimate of drug-likeness (QED) is 0.837. The summed E-state index contributed by atoms with van der Waals surface area (Å²) >= 11 is 0. The molecule has 2 aliphatic carbocycles. The Balaban J connectivity index is 1.41. The zero-order chi connectivity index (χ0) is 14.8. The Morgan fingerprint density at radius 2 is 1.95 bits per heavy atom. The largest absolute Gasteiger partial charge is 0.340 e. The molecule has 0 spiro atoms. The van der Waals surface area contributed by atoms with Crippen molar-refractivity contribution in [2.75, 3.05) is 39.3 Å². The number of nitrogens with two attached hydrogens (primary N) is 1. The Morgan fingerprint density at radius 1 is 1.19 bits per heavy atom. The van der Waals surface area contributed by atoms with Gasteiger partial charge in [0, 0.05) is 39.1 Å². The molecule has 0 radical (unpaired) electrons. The van der Waals surface area contributed by atoms with Crippen LogP contribution in [0.3, 0.4) is 0 Å². The fourth-order valence-corrected chi connectivity index (χ4v) is 4.68. The number of rotatable bonds is 5. The number of carbonyl (C=O) groups excluding carboxylic acids is 1. The van der Waals surface area contributed by atoms with Crippen LogP contribution in [-0.2, 0) is 4.79 Å². The minimum Gasteiger partial charge on any atom is -0.340 e. The highest BCUT2D eigenvalue weighted by atomic mass is 16.2. The summed E-state index contributed by atoms with van der Waals surface area (Å²) in [4.78, 5) is 17.1. The molecule has 0 aromatic carbocycles. The third-order valence-corrected chi connectivity index (χ3v) is 6.02. The van der Waals surface area contributed by atoms with E-state index in [1.165, 1.54) is 25.7 Å². The van der Waals surface area contributed by atoms with E-state index in [1.807, 2.05) is 0 Å². The van der Waals surface area contributed by atoms with Gasteiger partial charge in [-0.05, 0) is 49.5 Å². The van der Waals surface area contributed by atoms with Crippen LogP contribution < -0.4 is 5.73 Å². The van der Waals surface area contributed by atoms with E-state index in [0.717, 1.165) is 57.5 Å². The fraction of sp³-hybridized carbons (Fsp3) is 0.941. The van der Waals surface area contributed by atoms with Crippen LogP contribution in [0.1, 0.15) is 39.0 Å². The van der Waals surface area contributed by atoms with Gasteiger partial charge in [0.1, 0.15) is 0 Å². The van der Waals surface area contributed by atoms with E-state index in [-0.39, 0.29) is 0 Å². The van der Waals surface area contributed by atoms with Gasteiger partial charge < -0.3 is 10.6 Å². The molecule has 0 aromatic heterocycles. The van der Waals surface area contributed by atoms with E-state index >= 15 is 0 Å². The van der Waals surface area contributed by atoms with Gasteiger partial charge in [-0.3, -0.25) is 9.69 Å². The van der Waals surface area contributed by atoms with Crippen molar-refractivity contribution in [3.63, 3.8) is 0 Å².